The second kappa shape index (κ2) is 7.91. The molecular weight excluding hydrogens is 332 g/mol. The SMILES string of the molecule is CCc1ccccc1N(CCNC(=O)c1ccc2c(c1)OCO2)C(C)=O. The van der Waals surface area contributed by atoms with Crippen LogP contribution >= 0.6 is 0 Å². The van der Waals surface area contributed by atoms with Crippen molar-refractivity contribution in [1.29, 1.82) is 0 Å². The van der Waals surface area contributed by atoms with Gasteiger partial charge in [0.1, 0.15) is 0 Å². The molecular formula is C20H22N2O4. The van der Waals surface area contributed by atoms with E-state index in [1.807, 2.05) is 24.3 Å². The lowest BCUT2D eigenvalue weighted by molar-refractivity contribution is -0.116. The van der Waals surface area contributed by atoms with Crippen molar-refractivity contribution in [3.05, 3.63) is 53.6 Å². The van der Waals surface area contributed by atoms with Gasteiger partial charge in [0.25, 0.3) is 5.91 Å². The molecule has 1 heterocycles. The van der Waals surface area contributed by atoms with Gasteiger partial charge in [0.2, 0.25) is 12.7 Å². The van der Waals surface area contributed by atoms with Crippen molar-refractivity contribution >= 4 is 17.5 Å². The van der Waals surface area contributed by atoms with Gasteiger partial charge in [-0.25, -0.2) is 0 Å². The van der Waals surface area contributed by atoms with E-state index in [-0.39, 0.29) is 18.6 Å². The van der Waals surface area contributed by atoms with Gasteiger partial charge in [-0.15, -0.1) is 0 Å². The van der Waals surface area contributed by atoms with Crippen molar-refractivity contribution in [3.63, 3.8) is 0 Å². The zero-order valence-electron chi connectivity index (χ0n) is 15.0. The Morgan fingerprint density at radius 2 is 1.88 bits per heavy atom. The molecule has 1 aliphatic rings. The van der Waals surface area contributed by atoms with E-state index in [9.17, 15) is 9.59 Å². The molecule has 2 aromatic carbocycles. The molecule has 6 nitrogen and oxygen atoms in total. The second-order valence-electron chi connectivity index (χ2n) is 5.98. The number of nitrogens with one attached hydrogen (secondary N) is 1. The van der Waals surface area contributed by atoms with Gasteiger partial charge in [-0.2, -0.15) is 0 Å². The Hall–Kier alpha value is -3.02. The summed E-state index contributed by atoms with van der Waals surface area (Å²) < 4.78 is 10.5. The van der Waals surface area contributed by atoms with Crippen LogP contribution in [0.4, 0.5) is 5.69 Å². The van der Waals surface area contributed by atoms with Crippen LogP contribution in [0.5, 0.6) is 11.5 Å². The molecule has 26 heavy (non-hydrogen) atoms. The highest BCUT2D eigenvalue weighted by atomic mass is 16.7. The first kappa shape index (κ1) is 17.8. The zero-order chi connectivity index (χ0) is 18.5. The molecule has 0 spiro atoms. The molecule has 0 saturated heterocycles. The maximum absolute atomic E-state index is 12.3. The van der Waals surface area contributed by atoms with E-state index < -0.39 is 0 Å². The van der Waals surface area contributed by atoms with Crippen LogP contribution in [0.2, 0.25) is 0 Å². The van der Waals surface area contributed by atoms with Crippen molar-refractivity contribution < 1.29 is 19.1 Å². The molecule has 0 bridgehead atoms. The standard InChI is InChI=1S/C20H22N2O4/c1-3-15-6-4-5-7-17(15)22(14(2)23)11-10-21-20(24)16-8-9-18-19(12-16)26-13-25-18/h4-9,12H,3,10-11,13H2,1-2H3,(H,21,24). The van der Waals surface area contributed by atoms with Gasteiger partial charge in [0, 0.05) is 31.3 Å². The van der Waals surface area contributed by atoms with Crippen molar-refractivity contribution in [2.24, 2.45) is 0 Å². The Balaban J connectivity index is 1.63. The average Bonchev–Trinajstić information content (AvgIpc) is 3.12. The predicted octanol–water partition coefficient (Wildman–Crippen LogP) is 2.76. The van der Waals surface area contributed by atoms with Crippen LogP contribution in [0.15, 0.2) is 42.5 Å². The van der Waals surface area contributed by atoms with Gasteiger partial charge in [0.05, 0.1) is 0 Å². The van der Waals surface area contributed by atoms with Crippen LogP contribution in [0.3, 0.4) is 0 Å². The minimum absolute atomic E-state index is 0.0526. The minimum atomic E-state index is -0.212. The maximum Gasteiger partial charge on any atom is 0.251 e. The molecule has 0 fully saturated rings. The highest BCUT2D eigenvalue weighted by Gasteiger charge is 2.17. The largest absolute Gasteiger partial charge is 0.454 e. The summed E-state index contributed by atoms with van der Waals surface area (Å²) in [6.07, 6.45) is 0.837. The zero-order valence-corrected chi connectivity index (χ0v) is 15.0. The van der Waals surface area contributed by atoms with Crippen molar-refractivity contribution in [2.45, 2.75) is 20.3 Å². The number of fused-ring (bicyclic) bond motifs is 1. The smallest absolute Gasteiger partial charge is 0.251 e. The van der Waals surface area contributed by atoms with Crippen LogP contribution in [0.25, 0.3) is 0 Å². The van der Waals surface area contributed by atoms with Crippen LogP contribution in [-0.2, 0) is 11.2 Å². The Bertz CT molecular complexity index is 819. The van der Waals surface area contributed by atoms with Gasteiger partial charge in [-0.3, -0.25) is 9.59 Å². The summed E-state index contributed by atoms with van der Waals surface area (Å²) in [4.78, 5) is 26.1. The fourth-order valence-corrected chi connectivity index (χ4v) is 2.94. The van der Waals surface area contributed by atoms with E-state index in [4.69, 9.17) is 9.47 Å². The first-order valence-electron chi connectivity index (χ1n) is 8.64. The highest BCUT2D eigenvalue weighted by molar-refractivity contribution is 5.95. The number of carbonyl (C=O) groups is 2. The normalized spacial score (nSPS) is 11.9. The van der Waals surface area contributed by atoms with Crippen molar-refractivity contribution in [1.82, 2.24) is 5.32 Å². The highest BCUT2D eigenvalue weighted by Crippen LogP contribution is 2.32. The topological polar surface area (TPSA) is 67.9 Å². The number of amides is 2. The fraction of sp³-hybridized carbons (Fsp3) is 0.300. The molecule has 2 amide bonds. The minimum Gasteiger partial charge on any atom is -0.454 e. The lowest BCUT2D eigenvalue weighted by atomic mass is 10.1. The number of para-hydroxylation sites is 1. The summed E-state index contributed by atoms with van der Waals surface area (Å²) in [6, 6.07) is 12.9. The number of benzene rings is 2. The second-order valence-corrected chi connectivity index (χ2v) is 5.98. The van der Waals surface area contributed by atoms with Crippen LogP contribution in [-0.4, -0.2) is 31.7 Å². The summed E-state index contributed by atoms with van der Waals surface area (Å²) in [5, 5.41) is 2.85. The molecule has 3 rings (SSSR count). The number of ether oxygens (including phenoxy) is 2. The summed E-state index contributed by atoms with van der Waals surface area (Å²) in [7, 11) is 0. The molecule has 0 aromatic heterocycles. The molecule has 136 valence electrons. The van der Waals surface area contributed by atoms with Crippen LogP contribution in [0.1, 0.15) is 29.8 Å². The number of hydrogen-bond donors (Lipinski definition) is 1. The fourth-order valence-electron chi connectivity index (χ4n) is 2.94. The molecule has 0 atom stereocenters. The molecule has 1 aliphatic heterocycles. The maximum atomic E-state index is 12.3. The van der Waals surface area contributed by atoms with Gasteiger partial charge in [0.15, 0.2) is 11.5 Å². The predicted molar refractivity (Wildman–Crippen MR) is 98.7 cm³/mol. The Labute approximate surface area is 152 Å². The molecule has 0 unspecified atom stereocenters. The number of nitrogens with zero attached hydrogens (tertiary/aromatic N) is 1. The molecule has 2 aromatic rings. The quantitative estimate of drug-likeness (QED) is 0.866. The molecule has 0 aliphatic carbocycles. The van der Waals surface area contributed by atoms with Gasteiger partial charge >= 0.3 is 0 Å². The number of rotatable bonds is 6. The molecule has 0 radical (unpaired) electrons. The van der Waals surface area contributed by atoms with Crippen molar-refractivity contribution in [3.8, 4) is 11.5 Å². The summed E-state index contributed by atoms with van der Waals surface area (Å²) in [5.74, 6) is 0.944. The third-order valence-electron chi connectivity index (χ3n) is 4.30. The van der Waals surface area contributed by atoms with E-state index in [0.717, 1.165) is 17.7 Å². The van der Waals surface area contributed by atoms with Crippen LogP contribution < -0.4 is 19.7 Å². The lowest BCUT2D eigenvalue weighted by Gasteiger charge is -2.24. The van der Waals surface area contributed by atoms with Crippen LogP contribution in [0, 0.1) is 0 Å². The van der Waals surface area contributed by atoms with E-state index in [1.165, 1.54) is 6.92 Å². The van der Waals surface area contributed by atoms with E-state index in [1.54, 1.807) is 23.1 Å². The summed E-state index contributed by atoms with van der Waals surface area (Å²) in [5.41, 5.74) is 2.49. The number of carbonyl (C=O) groups excluding carboxylic acids is 2. The molecule has 1 N–H and O–H groups in total. The third kappa shape index (κ3) is 3.79. The van der Waals surface area contributed by atoms with E-state index in [2.05, 4.69) is 12.2 Å². The van der Waals surface area contributed by atoms with Gasteiger partial charge in [-0.05, 0) is 36.2 Å². The van der Waals surface area contributed by atoms with Gasteiger partial charge in [-0.1, -0.05) is 25.1 Å². The number of anilines is 1. The first-order chi connectivity index (χ1) is 12.6. The van der Waals surface area contributed by atoms with Gasteiger partial charge < -0.3 is 19.7 Å². The van der Waals surface area contributed by atoms with E-state index in [0.29, 0.717) is 30.2 Å². The van der Waals surface area contributed by atoms with E-state index >= 15 is 0 Å². The number of hydrogen-bond acceptors (Lipinski definition) is 4. The average molecular weight is 354 g/mol. The summed E-state index contributed by atoms with van der Waals surface area (Å²) >= 11 is 0. The number of aryl methyl sites for hydroxylation is 1. The Kier molecular flexibility index (Phi) is 5.41. The molecule has 0 saturated carbocycles. The first-order valence-corrected chi connectivity index (χ1v) is 8.64. The third-order valence-corrected chi connectivity index (χ3v) is 4.30. The monoisotopic (exact) mass is 354 g/mol. The Morgan fingerprint density at radius 3 is 2.65 bits per heavy atom. The summed E-state index contributed by atoms with van der Waals surface area (Å²) in [6.45, 7) is 4.52. The molecule has 6 heteroatoms. The van der Waals surface area contributed by atoms with Crippen molar-refractivity contribution in [2.75, 3.05) is 24.8 Å². The lowest BCUT2D eigenvalue weighted by Crippen LogP contribution is -2.38. The Morgan fingerprint density at radius 1 is 1.12 bits per heavy atom.